The highest BCUT2D eigenvalue weighted by Crippen LogP contribution is 2.39. The molecular formula is C27H23ClFN5O5. The zero-order chi connectivity index (χ0) is 27.5. The van der Waals surface area contributed by atoms with Gasteiger partial charge < -0.3 is 15.2 Å². The van der Waals surface area contributed by atoms with E-state index in [9.17, 15) is 23.9 Å². The molecule has 4 aromatic rings. The summed E-state index contributed by atoms with van der Waals surface area (Å²) in [7, 11) is 0. The molecule has 200 valence electrons. The SMILES string of the molecule is O=C(O)[C@H]1C[C@H]1Cn1c(=O)nc(Nc2ccc(Oc3cccc(CF)n3)cc2)n(Cc2ccc(Cl)cc2)c1=O. The first-order valence-corrected chi connectivity index (χ1v) is 12.4. The van der Waals surface area contributed by atoms with Crippen molar-refractivity contribution in [3.63, 3.8) is 0 Å². The molecule has 0 radical (unpaired) electrons. The van der Waals surface area contributed by atoms with Crippen molar-refractivity contribution in [3.05, 3.63) is 104 Å². The number of nitrogens with zero attached hydrogens (tertiary/aromatic N) is 4. The van der Waals surface area contributed by atoms with Crippen LogP contribution in [0.1, 0.15) is 17.7 Å². The summed E-state index contributed by atoms with van der Waals surface area (Å²) in [6.45, 7) is -0.632. The van der Waals surface area contributed by atoms with Crippen LogP contribution in [0.15, 0.2) is 76.3 Å². The Morgan fingerprint density at radius 2 is 1.79 bits per heavy atom. The van der Waals surface area contributed by atoms with Crippen molar-refractivity contribution in [2.45, 2.75) is 26.2 Å². The van der Waals surface area contributed by atoms with E-state index in [0.717, 1.165) is 10.1 Å². The van der Waals surface area contributed by atoms with E-state index in [1.807, 2.05) is 0 Å². The van der Waals surface area contributed by atoms with E-state index >= 15 is 0 Å². The second-order valence-corrected chi connectivity index (χ2v) is 9.55. The lowest BCUT2D eigenvalue weighted by atomic mass is 10.2. The van der Waals surface area contributed by atoms with Gasteiger partial charge in [-0.1, -0.05) is 29.8 Å². The van der Waals surface area contributed by atoms with Gasteiger partial charge in [-0.3, -0.25) is 9.36 Å². The quantitative estimate of drug-likeness (QED) is 0.300. The molecule has 2 heterocycles. The third-order valence-corrected chi connectivity index (χ3v) is 6.56. The number of aromatic nitrogens is 4. The average molecular weight is 552 g/mol. The van der Waals surface area contributed by atoms with Gasteiger partial charge in [-0.05, 0) is 60.4 Å². The smallest absolute Gasteiger partial charge is 0.354 e. The third kappa shape index (κ3) is 6.15. The predicted octanol–water partition coefficient (Wildman–Crippen LogP) is 4.23. The Labute approximate surface area is 226 Å². The monoisotopic (exact) mass is 551 g/mol. The molecule has 10 nitrogen and oxygen atoms in total. The molecule has 0 aliphatic heterocycles. The van der Waals surface area contributed by atoms with Gasteiger partial charge in [-0.25, -0.2) is 23.5 Å². The van der Waals surface area contributed by atoms with Gasteiger partial charge in [0.1, 0.15) is 12.4 Å². The number of benzene rings is 2. The molecule has 1 aliphatic carbocycles. The van der Waals surface area contributed by atoms with Crippen LogP contribution in [-0.4, -0.2) is 30.2 Å². The van der Waals surface area contributed by atoms with Crippen LogP contribution in [0.4, 0.5) is 16.0 Å². The molecule has 0 amide bonds. The Morgan fingerprint density at radius 3 is 2.46 bits per heavy atom. The first kappa shape index (κ1) is 26.1. The van der Waals surface area contributed by atoms with Crippen LogP contribution in [-0.2, 0) is 24.6 Å². The molecule has 2 atom stereocenters. The number of aliphatic carboxylic acids is 1. The Hall–Kier alpha value is -4.51. The standard InChI is InChI=1S/C27H23ClFN5O5/c28-18-6-4-16(5-7-18)14-33-25(32-26(37)34(27(33)38)15-17-12-22(17)24(35)36)31-19-8-10-21(11-9-19)39-23-3-1-2-20(13-29)30-23/h1-11,17,22H,12-15H2,(H,35,36)(H,31,32,37)/t17-,22-/m0/s1. The summed E-state index contributed by atoms with van der Waals surface area (Å²) >= 11 is 6.00. The van der Waals surface area contributed by atoms with E-state index in [1.165, 1.54) is 4.57 Å². The van der Waals surface area contributed by atoms with Crippen molar-refractivity contribution in [2.24, 2.45) is 11.8 Å². The number of pyridine rings is 1. The predicted molar refractivity (Wildman–Crippen MR) is 141 cm³/mol. The fourth-order valence-corrected chi connectivity index (χ4v) is 4.25. The Bertz CT molecular complexity index is 1620. The summed E-state index contributed by atoms with van der Waals surface area (Å²) in [6, 6.07) is 18.3. The molecule has 39 heavy (non-hydrogen) atoms. The fourth-order valence-electron chi connectivity index (χ4n) is 4.13. The summed E-state index contributed by atoms with van der Waals surface area (Å²) in [5.74, 6) is -1.11. The molecule has 0 bridgehead atoms. The lowest BCUT2D eigenvalue weighted by Crippen LogP contribution is -2.43. The van der Waals surface area contributed by atoms with Gasteiger partial charge in [0, 0.05) is 23.3 Å². The Morgan fingerprint density at radius 1 is 1.05 bits per heavy atom. The minimum absolute atomic E-state index is 0.0211. The maximum absolute atomic E-state index is 13.4. The summed E-state index contributed by atoms with van der Waals surface area (Å²) in [6.07, 6.45) is 0.403. The molecule has 0 unspecified atom stereocenters. The fraction of sp³-hybridized carbons (Fsp3) is 0.222. The number of carbonyl (C=O) groups is 1. The highest BCUT2D eigenvalue weighted by Gasteiger charge is 2.43. The number of rotatable bonds is 10. The number of hydrogen-bond acceptors (Lipinski definition) is 7. The number of ether oxygens (including phenoxy) is 1. The van der Waals surface area contributed by atoms with Crippen LogP contribution in [0.25, 0.3) is 0 Å². The van der Waals surface area contributed by atoms with Crippen LogP contribution in [0.3, 0.4) is 0 Å². The maximum Gasteiger partial charge on any atom is 0.354 e. The number of carboxylic acids is 1. The number of halogens is 2. The Balaban J connectivity index is 1.42. The summed E-state index contributed by atoms with van der Waals surface area (Å²) in [5, 5.41) is 12.8. The highest BCUT2D eigenvalue weighted by atomic mass is 35.5. The van der Waals surface area contributed by atoms with Crippen LogP contribution in [0, 0.1) is 11.8 Å². The summed E-state index contributed by atoms with van der Waals surface area (Å²) in [5.41, 5.74) is 0.144. The lowest BCUT2D eigenvalue weighted by molar-refractivity contribution is -0.138. The molecule has 5 rings (SSSR count). The molecule has 1 aliphatic rings. The number of alkyl halides is 1. The van der Waals surface area contributed by atoms with E-state index in [4.69, 9.17) is 16.3 Å². The first-order chi connectivity index (χ1) is 18.8. The van der Waals surface area contributed by atoms with Crippen molar-refractivity contribution in [2.75, 3.05) is 5.32 Å². The molecular weight excluding hydrogens is 529 g/mol. The number of nitrogens with one attached hydrogen (secondary N) is 1. The molecule has 1 saturated carbocycles. The zero-order valence-electron chi connectivity index (χ0n) is 20.5. The van der Waals surface area contributed by atoms with Crippen LogP contribution >= 0.6 is 11.6 Å². The second-order valence-electron chi connectivity index (χ2n) is 9.12. The summed E-state index contributed by atoms with van der Waals surface area (Å²) < 4.78 is 20.9. The lowest BCUT2D eigenvalue weighted by Gasteiger charge is -2.16. The minimum Gasteiger partial charge on any atom is -0.481 e. The molecule has 12 heteroatoms. The zero-order valence-corrected chi connectivity index (χ0v) is 21.2. The van der Waals surface area contributed by atoms with Crippen LogP contribution < -0.4 is 21.4 Å². The van der Waals surface area contributed by atoms with Crippen LogP contribution in [0.2, 0.25) is 5.02 Å². The van der Waals surface area contributed by atoms with Gasteiger partial charge in [0.2, 0.25) is 11.8 Å². The van der Waals surface area contributed by atoms with E-state index in [2.05, 4.69) is 15.3 Å². The van der Waals surface area contributed by atoms with E-state index in [0.29, 0.717) is 22.9 Å². The number of hydrogen-bond donors (Lipinski definition) is 2. The van der Waals surface area contributed by atoms with Crippen molar-refractivity contribution in [1.29, 1.82) is 0 Å². The first-order valence-electron chi connectivity index (χ1n) is 12.1. The van der Waals surface area contributed by atoms with Crippen molar-refractivity contribution in [1.82, 2.24) is 19.1 Å². The molecule has 2 aromatic heterocycles. The maximum atomic E-state index is 13.4. The van der Waals surface area contributed by atoms with E-state index in [-0.39, 0.29) is 36.5 Å². The molecule has 2 aromatic carbocycles. The number of anilines is 2. The van der Waals surface area contributed by atoms with Gasteiger partial charge in [-0.2, -0.15) is 4.98 Å². The third-order valence-electron chi connectivity index (χ3n) is 6.31. The van der Waals surface area contributed by atoms with Gasteiger partial charge >= 0.3 is 17.3 Å². The van der Waals surface area contributed by atoms with Gasteiger partial charge in [0.15, 0.2) is 0 Å². The van der Waals surface area contributed by atoms with E-state index in [1.54, 1.807) is 66.7 Å². The summed E-state index contributed by atoms with van der Waals surface area (Å²) in [4.78, 5) is 45.7. The van der Waals surface area contributed by atoms with Crippen LogP contribution in [0.5, 0.6) is 11.6 Å². The highest BCUT2D eigenvalue weighted by molar-refractivity contribution is 6.30. The van der Waals surface area contributed by atoms with Gasteiger partial charge in [-0.15, -0.1) is 0 Å². The molecule has 0 saturated heterocycles. The largest absolute Gasteiger partial charge is 0.481 e. The van der Waals surface area contributed by atoms with Gasteiger partial charge in [0.25, 0.3) is 0 Å². The molecule has 0 spiro atoms. The molecule has 1 fully saturated rings. The topological polar surface area (TPSA) is 128 Å². The van der Waals surface area contributed by atoms with Crippen molar-refractivity contribution < 1.29 is 19.0 Å². The normalized spacial score (nSPS) is 16.1. The number of carboxylic acid groups (broad SMARTS) is 1. The van der Waals surface area contributed by atoms with Crippen molar-refractivity contribution >= 4 is 29.2 Å². The minimum atomic E-state index is -0.945. The molecule has 2 N–H and O–H groups in total. The Kier molecular flexibility index (Phi) is 7.42. The average Bonchev–Trinajstić information content (AvgIpc) is 3.71. The van der Waals surface area contributed by atoms with Gasteiger partial charge in [0.05, 0.1) is 18.2 Å². The van der Waals surface area contributed by atoms with Crippen molar-refractivity contribution in [3.8, 4) is 11.6 Å². The second kappa shape index (κ2) is 11.1. The van der Waals surface area contributed by atoms with E-state index < -0.39 is 29.9 Å².